The van der Waals surface area contributed by atoms with Gasteiger partial charge in [-0.1, -0.05) is 129 Å². The summed E-state index contributed by atoms with van der Waals surface area (Å²) < 4.78 is 18.9. The number of aromatic nitrogens is 6. The zero-order chi connectivity index (χ0) is 89.7. The molecule has 4 amide bonds. The Labute approximate surface area is 751 Å². The summed E-state index contributed by atoms with van der Waals surface area (Å²) in [6.45, 7) is 52.5. The second kappa shape index (κ2) is 40.7. The zero-order valence-corrected chi connectivity index (χ0v) is 75.0. The maximum absolute atomic E-state index is 12.6. The van der Waals surface area contributed by atoms with E-state index in [0.29, 0.717) is 129 Å². The molecule has 0 spiro atoms. The highest BCUT2D eigenvalue weighted by Crippen LogP contribution is 2.40. The Kier molecular flexibility index (Phi) is 28.6. The second-order valence-electron chi connectivity index (χ2n) is 35.4. The Morgan fingerprint density at radius 2 is 0.820 bits per heavy atom. The number of likely N-dealkylation sites (N-methyl/N-ethyl adjacent to an activating group) is 2. The summed E-state index contributed by atoms with van der Waals surface area (Å²) in [4.78, 5) is 118. The quantitative estimate of drug-likeness (QED) is 0.0404. The standard InChI is InChI=1S/C35H42N8O3.C32H37N7O2.C32H39N7O2/c1-5-32(44)43-19-18-42(21-27(43)20-36-2)34-29-15-17-41(31-14-8-11-25-10-6-7-13-28(25)31)22-30(29)37-35(38-34)46-24-26-12-9-16-40(26)23-33(45)39(3)4;1-4-30(40)39-17-16-38(20-25(39)18-33-2)31-27-13-15-37(29-11-7-9-24-8-5-6-10-26(24)29)21-28(27)34-32(35-31)41-22-23-12-14-36(3)19-23;1-7-29(40)39-18-17-38(20-24(39)19-33-4)30-26-15-16-37(28-14-10-12-23-11-8-9-13-25(23)28)21-27(26)34-31(35-30)41-22-32(2,3)36(5)6/h5-8,10-11,13-14,26-27H,1,9,12,15-24H2,3-4H3;4-11,23,25H,1,12-22H2,3H3;7-14,24H,1,15-22H2,2-3,5-6H3/t26-,27?;23-,25?;/m00./s1. The number of benzene rings is 6. The molecule has 128 heavy (non-hydrogen) atoms. The van der Waals surface area contributed by atoms with Gasteiger partial charge in [-0.05, 0) is 139 Å². The van der Waals surface area contributed by atoms with E-state index in [1.807, 2.05) is 14.1 Å². The van der Waals surface area contributed by atoms with Crippen LogP contribution in [0, 0.1) is 25.6 Å². The Bertz CT molecular complexity index is 5690. The number of hydrogen-bond donors (Lipinski definition) is 0. The number of carbonyl (C=O) groups is 4. The van der Waals surface area contributed by atoms with Gasteiger partial charge in [0, 0.05) is 167 Å². The summed E-state index contributed by atoms with van der Waals surface area (Å²) in [6.07, 6.45) is 9.43. The fourth-order valence-electron chi connectivity index (χ4n) is 18.9. The van der Waals surface area contributed by atoms with Crippen LogP contribution in [-0.4, -0.2) is 297 Å². The summed E-state index contributed by atoms with van der Waals surface area (Å²) >= 11 is 0. The molecule has 3 unspecified atom stereocenters. The number of ether oxygens (including phenoxy) is 3. The first-order valence-electron chi connectivity index (χ1n) is 44.7. The monoisotopic (exact) mass is 1730 g/mol. The molecule has 6 aromatic carbocycles. The topological polar surface area (TPSA) is 229 Å². The Morgan fingerprint density at radius 3 is 1.18 bits per heavy atom. The van der Waals surface area contributed by atoms with E-state index < -0.39 is 0 Å². The average molecular weight is 1730 g/mol. The number of likely N-dealkylation sites (tertiary alicyclic amines) is 2. The summed E-state index contributed by atoms with van der Waals surface area (Å²) in [5.41, 5.74) is 9.59. The lowest BCUT2D eigenvalue weighted by Gasteiger charge is -2.41. The predicted octanol–water partition coefficient (Wildman–Crippen LogP) is 10.9. The molecule has 8 aliphatic rings. The van der Waals surface area contributed by atoms with E-state index >= 15 is 0 Å². The molecular weight excluding hydrogens is 1610 g/mol. The van der Waals surface area contributed by atoms with E-state index in [4.69, 9.17) is 63.8 Å². The average Bonchev–Trinajstić information content (AvgIpc) is 0.906. The van der Waals surface area contributed by atoms with E-state index in [-0.39, 0.29) is 73.0 Å². The first-order valence-corrected chi connectivity index (χ1v) is 44.7. The smallest absolute Gasteiger partial charge is 0.318 e. The molecule has 5 saturated heterocycles. The van der Waals surface area contributed by atoms with Crippen molar-refractivity contribution in [1.82, 2.24) is 64.2 Å². The van der Waals surface area contributed by atoms with E-state index in [1.165, 1.54) is 67.6 Å². The molecule has 0 radical (unpaired) electrons. The van der Waals surface area contributed by atoms with Crippen LogP contribution in [0.4, 0.5) is 34.5 Å². The van der Waals surface area contributed by atoms with Crippen molar-refractivity contribution >= 4 is 90.5 Å². The molecule has 29 heteroatoms. The molecule has 3 aromatic heterocycles. The van der Waals surface area contributed by atoms with Crippen molar-refractivity contribution in [2.24, 2.45) is 5.92 Å². The molecule has 17 rings (SSSR count). The highest BCUT2D eigenvalue weighted by Gasteiger charge is 2.41. The summed E-state index contributed by atoms with van der Waals surface area (Å²) in [5.74, 6) is 2.69. The van der Waals surface area contributed by atoms with Gasteiger partial charge in [0.2, 0.25) is 43.3 Å². The van der Waals surface area contributed by atoms with Crippen LogP contribution < -0.4 is 43.6 Å². The largest absolute Gasteiger partial charge is 0.463 e. The Balaban J connectivity index is 0.000000148. The van der Waals surface area contributed by atoms with Gasteiger partial charge in [-0.25, -0.2) is 19.7 Å². The van der Waals surface area contributed by atoms with Crippen LogP contribution in [-0.2, 0) is 58.1 Å². The molecule has 0 N–H and O–H groups in total. The third-order valence-corrected chi connectivity index (χ3v) is 26.5. The third kappa shape index (κ3) is 20.3. The Hall–Kier alpha value is -13.0. The summed E-state index contributed by atoms with van der Waals surface area (Å²) in [7, 11) is 9.78. The number of nitrogens with zero attached hydrogens (tertiary/aromatic N) is 22. The van der Waals surface area contributed by atoms with Gasteiger partial charge in [0.25, 0.3) is 0 Å². The normalized spacial score (nSPS) is 19.4. The van der Waals surface area contributed by atoms with Crippen molar-refractivity contribution < 1.29 is 33.4 Å². The fourth-order valence-corrected chi connectivity index (χ4v) is 18.9. The van der Waals surface area contributed by atoms with Gasteiger partial charge in [-0.3, -0.25) is 24.1 Å². The van der Waals surface area contributed by atoms with Crippen LogP contribution in [0.2, 0.25) is 0 Å². The Morgan fingerprint density at radius 1 is 0.445 bits per heavy atom. The maximum atomic E-state index is 12.6. The number of rotatable bonds is 24. The van der Waals surface area contributed by atoms with Crippen molar-refractivity contribution in [2.45, 2.75) is 102 Å². The van der Waals surface area contributed by atoms with Crippen molar-refractivity contribution in [3.63, 3.8) is 0 Å². The number of piperazine rings is 3. The summed E-state index contributed by atoms with van der Waals surface area (Å²) in [5, 5.41) is 7.30. The molecule has 5 atom stereocenters. The molecule has 5 fully saturated rings. The van der Waals surface area contributed by atoms with Crippen molar-refractivity contribution in [1.29, 1.82) is 0 Å². The molecule has 0 aliphatic carbocycles. The van der Waals surface area contributed by atoms with E-state index in [9.17, 15) is 19.2 Å². The van der Waals surface area contributed by atoms with Gasteiger partial charge in [0.05, 0.1) is 49.9 Å². The molecule has 0 saturated carbocycles. The molecule has 29 nitrogen and oxygen atoms in total. The van der Waals surface area contributed by atoms with Gasteiger partial charge in [-0.2, -0.15) is 29.9 Å². The molecule has 8 aliphatic heterocycles. The molecule has 11 heterocycles. The SMILES string of the molecule is [C-]#[N+]CC1CN(c2nc(OCC(C)(C)N(C)C)nc3c2CCN(c2cccc4ccccc24)C3)CCN1C(=O)C=C.[C-]#[N+]CC1CN(c2nc(OC[C@@H]3CCCN3CC(=O)N(C)C)nc3c2CCN(c2cccc4ccccc24)C3)CCN1C(=O)C=C.[C-]#[N+]CC1CN(c2nc(OC[C@H]3CCN(C)C3)nc3c2CCN(c2cccc4ccccc24)C3)CCN1C(=O)C=C. The first-order chi connectivity index (χ1) is 62.1. The zero-order valence-electron chi connectivity index (χ0n) is 75.0. The van der Waals surface area contributed by atoms with E-state index in [0.717, 1.165) is 129 Å². The number of anilines is 6. The minimum Gasteiger partial charge on any atom is -0.463 e. The minimum absolute atomic E-state index is 0.0794. The summed E-state index contributed by atoms with van der Waals surface area (Å²) in [6, 6.07) is 45.2. The van der Waals surface area contributed by atoms with Crippen LogP contribution in [0.3, 0.4) is 0 Å². The molecular formula is C99H118N22O7. The highest BCUT2D eigenvalue weighted by atomic mass is 16.5. The number of amides is 4. The van der Waals surface area contributed by atoms with Gasteiger partial charge < -0.3 is 87.5 Å². The van der Waals surface area contributed by atoms with E-state index in [1.54, 1.807) is 33.7 Å². The minimum atomic E-state index is -0.260. The van der Waals surface area contributed by atoms with Gasteiger partial charge >= 0.3 is 18.0 Å². The van der Waals surface area contributed by atoms with Crippen LogP contribution in [0.25, 0.3) is 46.9 Å². The van der Waals surface area contributed by atoms with Crippen molar-refractivity contribution in [3.05, 3.63) is 233 Å². The number of fused-ring (bicyclic) bond motifs is 6. The van der Waals surface area contributed by atoms with Gasteiger partial charge in [-0.15, -0.1) is 0 Å². The predicted molar refractivity (Wildman–Crippen MR) is 503 cm³/mol. The second-order valence-corrected chi connectivity index (χ2v) is 35.4. The number of carbonyl (C=O) groups excluding carboxylic acids is 4. The van der Waals surface area contributed by atoms with Crippen molar-refractivity contribution in [3.8, 4) is 18.0 Å². The maximum Gasteiger partial charge on any atom is 0.318 e. The highest BCUT2D eigenvalue weighted by molar-refractivity contribution is 5.97. The fraction of sp³-hybridized carbons (Fsp3) is 0.444. The molecule has 666 valence electrons. The molecule has 0 bridgehead atoms. The number of hydrogen-bond acceptors (Lipinski definition) is 22. The van der Waals surface area contributed by atoms with E-state index in [2.05, 4.69) is 227 Å². The molecule has 9 aromatic rings. The van der Waals surface area contributed by atoms with Crippen LogP contribution >= 0.6 is 0 Å². The third-order valence-electron chi connectivity index (χ3n) is 26.5. The van der Waals surface area contributed by atoms with Crippen LogP contribution in [0.15, 0.2) is 165 Å². The lowest BCUT2D eigenvalue weighted by Crippen LogP contribution is -2.56. The van der Waals surface area contributed by atoms with Gasteiger partial charge in [0.1, 0.15) is 48.8 Å². The van der Waals surface area contributed by atoms with Crippen LogP contribution in [0.5, 0.6) is 18.0 Å². The van der Waals surface area contributed by atoms with Crippen LogP contribution in [0.1, 0.15) is 66.9 Å². The lowest BCUT2D eigenvalue weighted by atomic mass is 10.0. The first kappa shape index (κ1) is 89.8. The van der Waals surface area contributed by atoms with Gasteiger partial charge in [0.15, 0.2) is 0 Å². The van der Waals surface area contributed by atoms with Crippen molar-refractivity contribution in [2.75, 3.05) is 209 Å². The lowest BCUT2D eigenvalue weighted by molar-refractivity contribution is -0.130.